The summed E-state index contributed by atoms with van der Waals surface area (Å²) in [6.45, 7) is 10.1. The zero-order valence-electron chi connectivity index (χ0n) is 17.7. The smallest absolute Gasteiger partial charge is 0.311 e. The van der Waals surface area contributed by atoms with Crippen LogP contribution in [-0.4, -0.2) is 23.7 Å². The third-order valence-corrected chi connectivity index (χ3v) is 4.67. The molecular weight excluding hydrogens is 454 g/mol. The number of hydrogen-bond donors (Lipinski definition) is 1. The van der Waals surface area contributed by atoms with Crippen LogP contribution in [-0.2, 0) is 10.2 Å². The Hall–Kier alpha value is -2.68. The lowest BCUT2D eigenvalue weighted by Gasteiger charge is -2.33. The minimum Gasteiger partial charge on any atom is -0.477 e. The number of hydrazone groups is 1. The second-order valence-electron chi connectivity index (χ2n) is 8.78. The summed E-state index contributed by atoms with van der Waals surface area (Å²) in [4.78, 5) is 23.0. The van der Waals surface area contributed by atoms with Gasteiger partial charge in [0, 0.05) is 6.07 Å². The first kappa shape index (κ1) is 23.6. The van der Waals surface area contributed by atoms with Gasteiger partial charge >= 0.3 is 5.69 Å². The Morgan fingerprint density at radius 1 is 1.27 bits per heavy atom. The fourth-order valence-corrected chi connectivity index (χ4v) is 3.69. The number of nitro groups is 1. The van der Waals surface area contributed by atoms with E-state index >= 15 is 0 Å². The van der Waals surface area contributed by atoms with Gasteiger partial charge in [-0.3, -0.25) is 14.9 Å². The Labute approximate surface area is 184 Å². The Balaban J connectivity index is 2.05. The first-order valence-electron chi connectivity index (χ1n) is 9.36. The normalized spacial score (nSPS) is 12.2. The number of benzene rings is 1. The largest absolute Gasteiger partial charge is 0.477 e. The van der Waals surface area contributed by atoms with Crippen molar-refractivity contribution in [2.75, 3.05) is 6.61 Å². The summed E-state index contributed by atoms with van der Waals surface area (Å²) in [6, 6.07) is 8.22. The van der Waals surface area contributed by atoms with Crippen molar-refractivity contribution >= 4 is 33.7 Å². The molecule has 2 aromatic rings. The summed E-state index contributed by atoms with van der Waals surface area (Å²) in [5.74, 6) is -0.0695. The standard InChI is InChI=1S/C21H26BrN3O5/c1-20(2,3)13-21(4,5)14-6-8-17(16(10-14)25(27)28)29-12-19(26)24-23-11-15-7-9-18(22)30-15/h6-11H,12-13H2,1-5H3,(H,24,26)/b23-11+. The van der Waals surface area contributed by atoms with Crippen LogP contribution in [0.25, 0.3) is 0 Å². The Kier molecular flexibility index (Phi) is 7.41. The summed E-state index contributed by atoms with van der Waals surface area (Å²) in [7, 11) is 0. The lowest BCUT2D eigenvalue weighted by atomic mass is 9.72. The van der Waals surface area contributed by atoms with Crippen LogP contribution < -0.4 is 10.2 Å². The predicted octanol–water partition coefficient (Wildman–Crippen LogP) is 5.19. The zero-order chi connectivity index (χ0) is 22.5. The molecule has 9 heteroatoms. The maximum atomic E-state index is 11.9. The number of halogens is 1. The van der Waals surface area contributed by atoms with Gasteiger partial charge in [0.25, 0.3) is 5.91 Å². The SMILES string of the molecule is CC(C)(C)CC(C)(C)c1ccc(OCC(=O)N/N=C/c2ccc(Br)o2)c([N+](=O)[O-])c1. The van der Waals surface area contributed by atoms with Gasteiger partial charge in [0.05, 0.1) is 11.1 Å². The highest BCUT2D eigenvalue weighted by atomic mass is 79.9. The number of hydrogen-bond acceptors (Lipinski definition) is 6. The van der Waals surface area contributed by atoms with Gasteiger partial charge in [-0.25, -0.2) is 5.43 Å². The molecule has 2 rings (SSSR count). The van der Waals surface area contributed by atoms with E-state index in [1.54, 1.807) is 18.2 Å². The number of amides is 1. The second-order valence-corrected chi connectivity index (χ2v) is 9.57. The predicted molar refractivity (Wildman–Crippen MR) is 118 cm³/mol. The van der Waals surface area contributed by atoms with Gasteiger partial charge < -0.3 is 9.15 Å². The number of carbonyl (C=O) groups is 1. The molecule has 0 atom stereocenters. The van der Waals surface area contributed by atoms with E-state index < -0.39 is 17.4 Å². The van der Waals surface area contributed by atoms with E-state index in [4.69, 9.17) is 9.15 Å². The summed E-state index contributed by atoms with van der Waals surface area (Å²) in [5.41, 5.74) is 2.76. The van der Waals surface area contributed by atoms with Crippen molar-refractivity contribution < 1.29 is 18.9 Å². The highest BCUT2D eigenvalue weighted by Gasteiger charge is 2.29. The van der Waals surface area contributed by atoms with E-state index in [0.717, 1.165) is 12.0 Å². The summed E-state index contributed by atoms with van der Waals surface area (Å²) >= 11 is 3.16. The monoisotopic (exact) mass is 479 g/mol. The van der Waals surface area contributed by atoms with Crippen LogP contribution in [0.15, 0.2) is 44.5 Å². The van der Waals surface area contributed by atoms with E-state index in [2.05, 4.69) is 61.1 Å². The van der Waals surface area contributed by atoms with Crippen molar-refractivity contribution in [3.63, 3.8) is 0 Å². The Morgan fingerprint density at radius 3 is 2.53 bits per heavy atom. The molecule has 1 aromatic carbocycles. The number of ether oxygens (including phenoxy) is 1. The average molecular weight is 480 g/mol. The molecule has 0 bridgehead atoms. The van der Waals surface area contributed by atoms with Crippen molar-refractivity contribution in [2.24, 2.45) is 10.5 Å². The van der Waals surface area contributed by atoms with Crippen molar-refractivity contribution in [1.82, 2.24) is 5.43 Å². The molecule has 1 aromatic heterocycles. The van der Waals surface area contributed by atoms with Gasteiger partial charge in [-0.1, -0.05) is 40.7 Å². The third-order valence-electron chi connectivity index (χ3n) is 4.24. The van der Waals surface area contributed by atoms with Crippen molar-refractivity contribution in [3.05, 3.63) is 56.4 Å². The van der Waals surface area contributed by atoms with E-state index in [0.29, 0.717) is 10.4 Å². The molecule has 0 aliphatic heterocycles. The average Bonchev–Trinajstić information content (AvgIpc) is 3.03. The maximum Gasteiger partial charge on any atom is 0.311 e. The van der Waals surface area contributed by atoms with Crippen LogP contribution in [0.1, 0.15) is 52.4 Å². The molecule has 0 radical (unpaired) electrons. The van der Waals surface area contributed by atoms with Gasteiger partial charge in [0.2, 0.25) is 0 Å². The Bertz CT molecular complexity index is 944. The zero-order valence-corrected chi connectivity index (χ0v) is 19.3. The fourth-order valence-electron chi connectivity index (χ4n) is 3.37. The van der Waals surface area contributed by atoms with Gasteiger partial charge in [0.1, 0.15) is 5.76 Å². The van der Waals surface area contributed by atoms with Crippen LogP contribution in [0.3, 0.4) is 0 Å². The maximum absolute atomic E-state index is 11.9. The summed E-state index contributed by atoms with van der Waals surface area (Å²) in [5, 5.41) is 15.3. The van der Waals surface area contributed by atoms with Gasteiger partial charge in [0.15, 0.2) is 17.0 Å². The summed E-state index contributed by atoms with van der Waals surface area (Å²) < 4.78 is 11.1. The van der Waals surface area contributed by atoms with Gasteiger partial charge in [-0.2, -0.15) is 5.10 Å². The molecule has 30 heavy (non-hydrogen) atoms. The molecule has 0 aliphatic carbocycles. The molecule has 0 unspecified atom stereocenters. The molecule has 1 heterocycles. The van der Waals surface area contributed by atoms with Crippen LogP contribution in [0.5, 0.6) is 5.75 Å². The molecule has 8 nitrogen and oxygen atoms in total. The van der Waals surface area contributed by atoms with E-state index in [1.807, 2.05) is 0 Å². The lowest BCUT2D eigenvalue weighted by molar-refractivity contribution is -0.385. The molecule has 0 saturated carbocycles. The number of carbonyl (C=O) groups excluding carboxylic acids is 1. The van der Waals surface area contributed by atoms with Crippen LogP contribution in [0.2, 0.25) is 0 Å². The fraction of sp³-hybridized carbons (Fsp3) is 0.429. The van der Waals surface area contributed by atoms with Crippen LogP contribution in [0, 0.1) is 15.5 Å². The molecule has 162 valence electrons. The summed E-state index contributed by atoms with van der Waals surface area (Å²) in [6.07, 6.45) is 2.18. The van der Waals surface area contributed by atoms with E-state index in [-0.39, 0.29) is 22.3 Å². The molecule has 0 fully saturated rings. The first-order chi connectivity index (χ1) is 13.9. The van der Waals surface area contributed by atoms with Gasteiger partial charge in [-0.05, 0) is 56.9 Å². The topological polar surface area (TPSA) is 107 Å². The van der Waals surface area contributed by atoms with E-state index in [1.165, 1.54) is 18.3 Å². The first-order valence-corrected chi connectivity index (χ1v) is 10.2. The molecule has 1 N–H and O–H groups in total. The van der Waals surface area contributed by atoms with Crippen molar-refractivity contribution in [2.45, 2.75) is 46.5 Å². The highest BCUT2D eigenvalue weighted by molar-refractivity contribution is 9.10. The molecule has 0 saturated heterocycles. The molecule has 0 aliphatic rings. The number of rotatable bonds is 8. The van der Waals surface area contributed by atoms with Crippen molar-refractivity contribution in [1.29, 1.82) is 0 Å². The second kappa shape index (κ2) is 9.42. The number of nitrogens with zero attached hydrogens (tertiary/aromatic N) is 2. The minimum atomic E-state index is -0.552. The highest BCUT2D eigenvalue weighted by Crippen LogP contribution is 2.39. The van der Waals surface area contributed by atoms with Crippen molar-refractivity contribution in [3.8, 4) is 5.75 Å². The molecular formula is C21H26BrN3O5. The minimum absolute atomic E-state index is 0.0319. The quantitative estimate of drug-likeness (QED) is 0.318. The van der Waals surface area contributed by atoms with Gasteiger partial charge in [-0.15, -0.1) is 0 Å². The molecule has 0 spiro atoms. The Morgan fingerprint density at radius 2 is 1.97 bits per heavy atom. The number of nitrogens with one attached hydrogen (secondary N) is 1. The molecule has 1 amide bonds. The van der Waals surface area contributed by atoms with E-state index in [9.17, 15) is 14.9 Å². The third kappa shape index (κ3) is 6.98. The lowest BCUT2D eigenvalue weighted by Crippen LogP contribution is -2.26. The van der Waals surface area contributed by atoms with Crippen LogP contribution in [0.4, 0.5) is 5.69 Å². The number of nitro benzene ring substituents is 1. The van der Waals surface area contributed by atoms with Crippen LogP contribution >= 0.6 is 15.9 Å². The number of furan rings is 1.